The van der Waals surface area contributed by atoms with Gasteiger partial charge in [0.05, 0.1) is 22.1 Å². The summed E-state index contributed by atoms with van der Waals surface area (Å²) in [5, 5.41) is 5.20. The fourth-order valence-corrected chi connectivity index (χ4v) is 10.5. The minimum atomic E-state index is -0.142. The number of hydrogen-bond acceptors (Lipinski definition) is 0. The average Bonchev–Trinajstić information content (AvgIpc) is 3.77. The van der Waals surface area contributed by atoms with E-state index in [9.17, 15) is 0 Å². The lowest BCUT2D eigenvalue weighted by atomic mass is 9.80. The first kappa shape index (κ1) is 31.7. The van der Waals surface area contributed by atoms with Crippen LogP contribution in [-0.4, -0.2) is 9.13 Å². The predicted octanol–water partition coefficient (Wildman–Crippen LogP) is 13.7. The highest BCUT2D eigenvalue weighted by atomic mass is 15.0. The summed E-state index contributed by atoms with van der Waals surface area (Å²) < 4.78 is 4.87. The summed E-state index contributed by atoms with van der Waals surface area (Å²) in [6.07, 6.45) is 2.02. The number of hydrogen-bond donors (Lipinski definition) is 0. The van der Waals surface area contributed by atoms with Crippen molar-refractivity contribution in [2.75, 3.05) is 0 Å². The Morgan fingerprint density at radius 2 is 0.911 bits per heavy atom. The van der Waals surface area contributed by atoms with Crippen molar-refractivity contribution in [3.05, 3.63) is 204 Å². The van der Waals surface area contributed by atoms with Gasteiger partial charge in [-0.05, 0) is 129 Å². The summed E-state index contributed by atoms with van der Waals surface area (Å²) in [7, 11) is 0. The van der Waals surface area contributed by atoms with E-state index in [2.05, 4.69) is 199 Å². The maximum Gasteiger partial charge on any atom is 0.0544 e. The molecule has 1 atom stereocenters. The normalized spacial score (nSPS) is 15.5. The molecule has 0 saturated heterocycles. The smallest absolute Gasteiger partial charge is 0.0544 e. The van der Waals surface area contributed by atoms with Gasteiger partial charge in [-0.15, -0.1) is 0 Å². The van der Waals surface area contributed by atoms with Gasteiger partial charge >= 0.3 is 0 Å². The number of aromatic nitrogens is 2. The first-order valence-corrected chi connectivity index (χ1v) is 20.0. The summed E-state index contributed by atoms with van der Waals surface area (Å²) in [6.45, 7) is 4.86. The molecule has 10 aromatic rings. The van der Waals surface area contributed by atoms with Crippen molar-refractivity contribution in [3.8, 4) is 33.6 Å². The molecule has 0 radical (unpaired) electrons. The lowest BCUT2D eigenvalue weighted by molar-refractivity contribution is 0.655. The second-order valence-electron chi connectivity index (χ2n) is 16.5. The highest BCUT2D eigenvalue weighted by molar-refractivity contribution is 6.12. The van der Waals surface area contributed by atoms with Crippen LogP contribution in [0.3, 0.4) is 0 Å². The number of nitrogens with zero attached hydrogens (tertiary/aromatic N) is 2. The summed E-state index contributed by atoms with van der Waals surface area (Å²) in [4.78, 5) is 0. The van der Waals surface area contributed by atoms with Crippen LogP contribution in [-0.2, 0) is 18.3 Å². The monoisotopic (exact) mass is 716 g/mol. The maximum atomic E-state index is 2.58. The molecule has 2 heteroatoms. The van der Waals surface area contributed by atoms with E-state index in [0.717, 1.165) is 12.8 Å². The Kier molecular flexibility index (Phi) is 6.61. The second-order valence-corrected chi connectivity index (χ2v) is 16.5. The largest absolute Gasteiger partial charge is 0.309 e. The van der Waals surface area contributed by atoms with E-state index in [1.165, 1.54) is 105 Å². The van der Waals surface area contributed by atoms with Crippen LogP contribution in [0.4, 0.5) is 0 Å². The van der Waals surface area contributed by atoms with Gasteiger partial charge in [0.2, 0.25) is 0 Å². The van der Waals surface area contributed by atoms with E-state index >= 15 is 0 Å². The molecule has 2 heterocycles. The van der Waals surface area contributed by atoms with Crippen LogP contribution in [0.5, 0.6) is 0 Å². The molecule has 0 amide bonds. The Labute approximate surface area is 326 Å². The highest BCUT2D eigenvalue weighted by Gasteiger charge is 2.38. The van der Waals surface area contributed by atoms with Crippen LogP contribution in [0.25, 0.3) is 77.2 Å². The summed E-state index contributed by atoms with van der Waals surface area (Å²) in [5.41, 5.74) is 19.9. The second kappa shape index (κ2) is 11.7. The van der Waals surface area contributed by atoms with Gasteiger partial charge in [0, 0.05) is 38.3 Å². The molecule has 2 aliphatic rings. The molecule has 12 rings (SSSR count). The predicted molar refractivity (Wildman–Crippen MR) is 235 cm³/mol. The highest BCUT2D eigenvalue weighted by Crippen LogP contribution is 2.54. The Morgan fingerprint density at radius 3 is 1.61 bits per heavy atom. The van der Waals surface area contributed by atoms with Crippen molar-refractivity contribution in [1.82, 2.24) is 9.13 Å². The Morgan fingerprint density at radius 1 is 0.393 bits per heavy atom. The van der Waals surface area contributed by atoms with Gasteiger partial charge in [-0.3, -0.25) is 0 Å². The number of fused-ring (bicyclic) bond motifs is 12. The third-order valence-electron chi connectivity index (χ3n) is 13.1. The molecule has 2 nitrogen and oxygen atoms in total. The van der Waals surface area contributed by atoms with E-state index in [-0.39, 0.29) is 5.41 Å². The van der Waals surface area contributed by atoms with E-state index < -0.39 is 0 Å². The lowest BCUT2D eigenvalue weighted by Crippen LogP contribution is -2.16. The van der Waals surface area contributed by atoms with Crippen LogP contribution in [0.2, 0.25) is 0 Å². The van der Waals surface area contributed by atoms with Crippen LogP contribution in [0.1, 0.15) is 47.6 Å². The lowest BCUT2D eigenvalue weighted by Gasteiger charge is -2.23. The van der Waals surface area contributed by atoms with Crippen molar-refractivity contribution in [2.45, 2.75) is 38.0 Å². The van der Waals surface area contributed by atoms with Crippen molar-refractivity contribution in [1.29, 1.82) is 0 Å². The molecule has 0 saturated carbocycles. The molecule has 56 heavy (non-hydrogen) atoms. The van der Waals surface area contributed by atoms with Gasteiger partial charge in [-0.2, -0.15) is 0 Å². The van der Waals surface area contributed by atoms with Gasteiger partial charge < -0.3 is 9.13 Å². The molecule has 1 unspecified atom stereocenters. The van der Waals surface area contributed by atoms with Crippen molar-refractivity contribution < 1.29 is 0 Å². The molecule has 0 N–H and O–H groups in total. The number of rotatable bonds is 3. The summed E-state index contributed by atoms with van der Waals surface area (Å²) in [6, 6.07) is 66.0. The van der Waals surface area contributed by atoms with Crippen LogP contribution in [0.15, 0.2) is 176 Å². The van der Waals surface area contributed by atoms with Gasteiger partial charge in [-0.25, -0.2) is 0 Å². The third kappa shape index (κ3) is 4.44. The number of para-hydroxylation sites is 4. The van der Waals surface area contributed by atoms with Gasteiger partial charge in [0.1, 0.15) is 0 Å². The molecule has 266 valence electrons. The zero-order valence-corrected chi connectivity index (χ0v) is 31.6. The molecular formula is C54H40N2. The minimum Gasteiger partial charge on any atom is -0.309 e. The quantitative estimate of drug-likeness (QED) is 0.172. The summed E-state index contributed by atoms with van der Waals surface area (Å²) in [5.74, 6) is 0.370. The molecule has 0 aliphatic heterocycles. The Balaban J connectivity index is 0.991. The minimum absolute atomic E-state index is 0.142. The zero-order chi connectivity index (χ0) is 37.1. The van der Waals surface area contributed by atoms with Gasteiger partial charge in [0.25, 0.3) is 0 Å². The molecule has 0 bridgehead atoms. The van der Waals surface area contributed by atoms with E-state index in [1.807, 2.05) is 0 Å². The summed E-state index contributed by atoms with van der Waals surface area (Å²) >= 11 is 0. The molecule has 2 aliphatic carbocycles. The molecule has 8 aromatic carbocycles. The Hall–Kier alpha value is -6.64. The molecule has 0 fully saturated rings. The fourth-order valence-electron chi connectivity index (χ4n) is 10.5. The topological polar surface area (TPSA) is 9.86 Å². The molecule has 2 aromatic heterocycles. The van der Waals surface area contributed by atoms with Crippen LogP contribution >= 0.6 is 0 Å². The van der Waals surface area contributed by atoms with Gasteiger partial charge in [0.15, 0.2) is 0 Å². The first-order chi connectivity index (χ1) is 27.5. The van der Waals surface area contributed by atoms with E-state index in [0.29, 0.717) is 5.92 Å². The van der Waals surface area contributed by atoms with Crippen molar-refractivity contribution in [2.24, 2.45) is 0 Å². The SMILES string of the molecule is CC1(C)c2cc3c(cc2-c2cc4c5ccccc5n(-c5ccccc5)c4cc21)-c1ccccc1CC(c1ccc(-n2c4ccccc4c4ccccc42)cc1)C3. The zero-order valence-electron chi connectivity index (χ0n) is 31.6. The Bertz CT molecular complexity index is 3160. The van der Waals surface area contributed by atoms with E-state index in [4.69, 9.17) is 0 Å². The van der Waals surface area contributed by atoms with Crippen LogP contribution < -0.4 is 0 Å². The standard InChI is InChI=1S/C54H40N2/c1-54(2)48-30-37-29-36(34-24-26-39(27-25-34)55-50-21-11-8-18-41(50)42-19-9-12-22-51(42)55)28-35-14-6-7-17-40(35)44(37)31-45(48)46-32-47-43-20-10-13-23-52(43)56(53(47)33-49(46)54)38-15-4-3-5-16-38/h3-27,30-33,36H,28-29H2,1-2H3. The van der Waals surface area contributed by atoms with Crippen molar-refractivity contribution >= 4 is 43.6 Å². The van der Waals surface area contributed by atoms with E-state index in [1.54, 1.807) is 0 Å². The molecular weight excluding hydrogens is 677 g/mol. The number of benzene rings is 8. The fraction of sp³-hybridized carbons (Fsp3) is 0.111. The maximum absolute atomic E-state index is 2.58. The average molecular weight is 717 g/mol. The van der Waals surface area contributed by atoms with Crippen molar-refractivity contribution in [3.63, 3.8) is 0 Å². The molecule has 0 spiro atoms. The third-order valence-corrected chi connectivity index (χ3v) is 13.1. The van der Waals surface area contributed by atoms with Crippen LogP contribution in [0, 0.1) is 0 Å². The first-order valence-electron chi connectivity index (χ1n) is 20.0. The van der Waals surface area contributed by atoms with Gasteiger partial charge in [-0.1, -0.05) is 129 Å².